The molecule has 2 rings (SSSR count). The maximum Gasteiger partial charge on any atom is 0.276 e. The lowest BCUT2D eigenvalue weighted by Crippen LogP contribution is -2.14. The Balaban J connectivity index is 2.27. The first-order chi connectivity index (χ1) is 9.69. The van der Waals surface area contributed by atoms with Gasteiger partial charge in [-0.15, -0.1) is 0 Å². The van der Waals surface area contributed by atoms with Gasteiger partial charge in [0.05, 0.1) is 14.2 Å². The third-order valence-electron chi connectivity index (χ3n) is 2.86. The zero-order valence-corrected chi connectivity index (χ0v) is 11.7. The van der Waals surface area contributed by atoms with Crippen molar-refractivity contribution in [2.45, 2.75) is 13.5 Å². The number of methoxy groups -OCH3 is 2. The van der Waals surface area contributed by atoms with Crippen LogP contribution in [0.15, 0.2) is 30.5 Å². The number of amides is 1. The third kappa shape index (κ3) is 2.74. The second-order valence-electron chi connectivity index (χ2n) is 4.05. The van der Waals surface area contributed by atoms with Crippen LogP contribution in [0.4, 0.5) is 5.69 Å². The fourth-order valence-corrected chi connectivity index (χ4v) is 1.81. The van der Waals surface area contributed by atoms with Gasteiger partial charge in [0.15, 0.2) is 5.69 Å². The molecule has 0 aliphatic carbocycles. The Labute approximate surface area is 117 Å². The highest BCUT2D eigenvalue weighted by Crippen LogP contribution is 2.34. The van der Waals surface area contributed by atoms with E-state index in [0.29, 0.717) is 29.4 Å². The van der Waals surface area contributed by atoms with Crippen molar-refractivity contribution in [3.8, 4) is 11.5 Å². The number of benzene rings is 1. The highest BCUT2D eigenvalue weighted by Gasteiger charge is 2.16. The number of carbonyl (C=O) groups is 1. The smallest absolute Gasteiger partial charge is 0.276 e. The first-order valence-electron chi connectivity index (χ1n) is 6.25. The average molecular weight is 275 g/mol. The monoisotopic (exact) mass is 275 g/mol. The summed E-state index contributed by atoms with van der Waals surface area (Å²) in [6.45, 7) is 2.67. The van der Waals surface area contributed by atoms with Gasteiger partial charge in [-0.2, -0.15) is 5.10 Å². The van der Waals surface area contributed by atoms with Gasteiger partial charge in [-0.3, -0.25) is 9.48 Å². The quantitative estimate of drug-likeness (QED) is 0.908. The van der Waals surface area contributed by atoms with Gasteiger partial charge in [-0.25, -0.2) is 0 Å². The van der Waals surface area contributed by atoms with Crippen LogP contribution in [0.25, 0.3) is 0 Å². The van der Waals surface area contributed by atoms with Crippen LogP contribution in [0, 0.1) is 0 Å². The van der Waals surface area contributed by atoms with E-state index in [4.69, 9.17) is 9.47 Å². The number of nitrogens with one attached hydrogen (secondary N) is 1. The highest BCUT2D eigenvalue weighted by atomic mass is 16.5. The van der Waals surface area contributed by atoms with Crippen molar-refractivity contribution in [2.24, 2.45) is 0 Å². The molecule has 0 aliphatic heterocycles. The number of hydrogen-bond acceptors (Lipinski definition) is 4. The second kappa shape index (κ2) is 6.10. The Morgan fingerprint density at radius 1 is 1.25 bits per heavy atom. The van der Waals surface area contributed by atoms with Crippen LogP contribution in [-0.4, -0.2) is 29.9 Å². The number of rotatable bonds is 5. The largest absolute Gasteiger partial charge is 0.494 e. The average Bonchev–Trinajstić information content (AvgIpc) is 2.96. The molecular weight excluding hydrogens is 258 g/mol. The topological polar surface area (TPSA) is 65.4 Å². The van der Waals surface area contributed by atoms with Crippen LogP contribution in [-0.2, 0) is 6.54 Å². The predicted octanol–water partition coefficient (Wildman–Crippen LogP) is 2.17. The molecule has 1 aromatic heterocycles. The van der Waals surface area contributed by atoms with E-state index in [9.17, 15) is 4.79 Å². The summed E-state index contributed by atoms with van der Waals surface area (Å²) in [5.74, 6) is 0.764. The first kappa shape index (κ1) is 13.9. The molecule has 0 bridgehead atoms. The van der Waals surface area contributed by atoms with E-state index in [1.807, 2.05) is 6.92 Å². The third-order valence-corrected chi connectivity index (χ3v) is 2.86. The lowest BCUT2D eigenvalue weighted by Gasteiger charge is -2.13. The van der Waals surface area contributed by atoms with Crippen LogP contribution in [0.5, 0.6) is 11.5 Å². The van der Waals surface area contributed by atoms with E-state index < -0.39 is 0 Å². The SMILES string of the molecule is CCn1ccc(C(=O)Nc2c(OC)cccc2OC)n1. The van der Waals surface area contributed by atoms with Crippen molar-refractivity contribution < 1.29 is 14.3 Å². The molecular formula is C14H17N3O3. The van der Waals surface area contributed by atoms with Crippen LogP contribution >= 0.6 is 0 Å². The number of hydrogen-bond donors (Lipinski definition) is 1. The molecule has 20 heavy (non-hydrogen) atoms. The lowest BCUT2D eigenvalue weighted by molar-refractivity contribution is 0.102. The minimum Gasteiger partial charge on any atom is -0.494 e. The summed E-state index contributed by atoms with van der Waals surface area (Å²) >= 11 is 0. The van der Waals surface area contributed by atoms with Crippen LogP contribution in [0.2, 0.25) is 0 Å². The molecule has 0 unspecified atom stereocenters. The maximum atomic E-state index is 12.2. The normalized spacial score (nSPS) is 10.2. The van der Waals surface area contributed by atoms with Gasteiger partial charge in [0.25, 0.3) is 5.91 Å². The fraction of sp³-hybridized carbons (Fsp3) is 0.286. The predicted molar refractivity (Wildman–Crippen MR) is 75.4 cm³/mol. The van der Waals surface area contributed by atoms with E-state index in [2.05, 4.69) is 10.4 Å². The summed E-state index contributed by atoms with van der Waals surface area (Å²) in [5, 5.41) is 6.93. The van der Waals surface area contributed by atoms with E-state index in [0.717, 1.165) is 0 Å². The Kier molecular flexibility index (Phi) is 4.24. The molecule has 0 aliphatic rings. The fourth-order valence-electron chi connectivity index (χ4n) is 1.81. The molecule has 6 heteroatoms. The number of para-hydroxylation sites is 1. The van der Waals surface area contributed by atoms with Crippen molar-refractivity contribution in [1.29, 1.82) is 0 Å². The summed E-state index contributed by atoms with van der Waals surface area (Å²) in [4.78, 5) is 12.2. The van der Waals surface area contributed by atoms with Crippen molar-refractivity contribution in [3.05, 3.63) is 36.2 Å². The Morgan fingerprint density at radius 2 is 1.90 bits per heavy atom. The van der Waals surface area contributed by atoms with Gasteiger partial charge < -0.3 is 14.8 Å². The van der Waals surface area contributed by atoms with Gasteiger partial charge in [0.1, 0.15) is 17.2 Å². The second-order valence-corrected chi connectivity index (χ2v) is 4.05. The number of anilines is 1. The van der Waals surface area contributed by atoms with Crippen LogP contribution in [0.1, 0.15) is 17.4 Å². The molecule has 1 amide bonds. The zero-order chi connectivity index (χ0) is 14.5. The summed E-state index contributed by atoms with van der Waals surface area (Å²) in [5.41, 5.74) is 0.841. The van der Waals surface area contributed by atoms with Gasteiger partial charge >= 0.3 is 0 Å². The minimum absolute atomic E-state index is 0.306. The molecule has 0 saturated carbocycles. The van der Waals surface area contributed by atoms with Crippen molar-refractivity contribution in [2.75, 3.05) is 19.5 Å². The molecule has 0 fully saturated rings. The Bertz CT molecular complexity index is 585. The summed E-state index contributed by atoms with van der Waals surface area (Å²) in [7, 11) is 3.08. The molecule has 6 nitrogen and oxygen atoms in total. The van der Waals surface area contributed by atoms with Crippen molar-refractivity contribution >= 4 is 11.6 Å². The van der Waals surface area contributed by atoms with E-state index >= 15 is 0 Å². The molecule has 106 valence electrons. The highest BCUT2D eigenvalue weighted by molar-refractivity contribution is 6.04. The molecule has 0 radical (unpaired) electrons. The number of aromatic nitrogens is 2. The van der Waals surface area contributed by atoms with E-state index in [-0.39, 0.29) is 5.91 Å². The van der Waals surface area contributed by atoms with E-state index in [1.54, 1.807) is 35.1 Å². The maximum absolute atomic E-state index is 12.2. The van der Waals surface area contributed by atoms with Gasteiger partial charge in [0, 0.05) is 12.7 Å². The number of aryl methyl sites for hydroxylation is 1. The Hall–Kier alpha value is -2.50. The summed E-state index contributed by atoms with van der Waals surface area (Å²) in [6.07, 6.45) is 1.76. The zero-order valence-electron chi connectivity index (χ0n) is 11.7. The lowest BCUT2D eigenvalue weighted by atomic mass is 10.2. The van der Waals surface area contributed by atoms with Crippen LogP contribution < -0.4 is 14.8 Å². The molecule has 1 N–H and O–H groups in total. The first-order valence-corrected chi connectivity index (χ1v) is 6.25. The van der Waals surface area contributed by atoms with Gasteiger partial charge in [0.2, 0.25) is 0 Å². The molecule has 0 atom stereocenters. The minimum atomic E-state index is -0.306. The Morgan fingerprint density at radius 3 is 2.40 bits per heavy atom. The molecule has 0 spiro atoms. The molecule has 0 saturated heterocycles. The van der Waals surface area contributed by atoms with Gasteiger partial charge in [-0.05, 0) is 25.1 Å². The number of ether oxygens (including phenoxy) is 2. The molecule has 1 heterocycles. The molecule has 1 aromatic carbocycles. The summed E-state index contributed by atoms with van der Waals surface area (Å²) in [6, 6.07) is 6.96. The standard InChI is InChI=1S/C14H17N3O3/c1-4-17-9-8-10(16-17)14(18)15-13-11(19-2)6-5-7-12(13)20-3/h5-9H,4H2,1-3H3,(H,15,18). The number of carbonyl (C=O) groups excluding carboxylic acids is 1. The van der Waals surface area contributed by atoms with Crippen molar-refractivity contribution in [1.82, 2.24) is 9.78 Å². The van der Waals surface area contributed by atoms with Crippen LogP contribution in [0.3, 0.4) is 0 Å². The molecule has 2 aromatic rings. The number of nitrogens with zero attached hydrogens (tertiary/aromatic N) is 2. The summed E-state index contributed by atoms with van der Waals surface area (Å²) < 4.78 is 12.2. The van der Waals surface area contributed by atoms with Crippen molar-refractivity contribution in [3.63, 3.8) is 0 Å². The van der Waals surface area contributed by atoms with E-state index in [1.165, 1.54) is 14.2 Å². The van der Waals surface area contributed by atoms with Gasteiger partial charge in [-0.1, -0.05) is 6.07 Å².